The fourth-order valence-corrected chi connectivity index (χ4v) is 2.17. The molecule has 0 aliphatic carbocycles. The fraction of sp³-hybridized carbons (Fsp3) is 0.750. The van der Waals surface area contributed by atoms with Gasteiger partial charge in [0.2, 0.25) is 0 Å². The molecule has 1 aromatic heterocycles. The molecule has 1 aromatic rings. The van der Waals surface area contributed by atoms with E-state index < -0.39 is 0 Å². The average molecular weight is 224 g/mol. The van der Waals surface area contributed by atoms with Crippen molar-refractivity contribution in [3.8, 4) is 0 Å². The second-order valence-electron chi connectivity index (χ2n) is 5.24. The summed E-state index contributed by atoms with van der Waals surface area (Å²) >= 11 is 0. The van der Waals surface area contributed by atoms with Gasteiger partial charge in [0.1, 0.15) is 0 Å². The molecule has 1 aliphatic heterocycles. The highest BCUT2D eigenvalue weighted by molar-refractivity contribution is 5.27. The highest BCUT2D eigenvalue weighted by Crippen LogP contribution is 2.31. The summed E-state index contributed by atoms with van der Waals surface area (Å²) in [5.74, 6) is 0. The smallest absolute Gasteiger partial charge is 0.187 e. The van der Waals surface area contributed by atoms with Crippen molar-refractivity contribution < 1.29 is 9.47 Å². The molecule has 0 aromatic carbocycles. The first kappa shape index (κ1) is 11.6. The fourth-order valence-electron chi connectivity index (χ4n) is 2.17. The maximum Gasteiger partial charge on any atom is 0.187 e. The third-order valence-electron chi connectivity index (χ3n) is 2.84. The lowest BCUT2D eigenvalue weighted by Crippen LogP contribution is -2.24. The molecule has 1 aliphatic rings. The Labute approximate surface area is 96.5 Å². The molecule has 4 nitrogen and oxygen atoms in total. The maximum absolute atomic E-state index is 5.55. The molecule has 0 bridgehead atoms. The van der Waals surface area contributed by atoms with Crippen molar-refractivity contribution in [2.45, 2.75) is 46.4 Å². The van der Waals surface area contributed by atoms with Crippen LogP contribution in [0.5, 0.6) is 0 Å². The van der Waals surface area contributed by atoms with Crippen LogP contribution in [-0.4, -0.2) is 23.0 Å². The van der Waals surface area contributed by atoms with Crippen molar-refractivity contribution in [3.63, 3.8) is 0 Å². The van der Waals surface area contributed by atoms with Gasteiger partial charge in [-0.15, -0.1) is 0 Å². The monoisotopic (exact) mass is 224 g/mol. The van der Waals surface area contributed by atoms with Crippen LogP contribution in [0.1, 0.15) is 44.0 Å². The standard InChI is InChI=1S/C12H20N2O2/c1-8-10(11-15-6-7-16-11)9(2)14(13-8)12(3,4)5/h11H,6-7H2,1-5H3. The number of aromatic nitrogens is 2. The molecule has 0 atom stereocenters. The van der Waals surface area contributed by atoms with Crippen molar-refractivity contribution in [1.82, 2.24) is 9.78 Å². The van der Waals surface area contributed by atoms with E-state index in [0.29, 0.717) is 13.2 Å². The minimum atomic E-state index is -0.226. The molecule has 4 heteroatoms. The first-order chi connectivity index (χ1) is 7.41. The molecule has 0 amide bonds. The highest BCUT2D eigenvalue weighted by Gasteiger charge is 2.28. The normalized spacial score (nSPS) is 18.3. The van der Waals surface area contributed by atoms with Gasteiger partial charge >= 0.3 is 0 Å². The van der Waals surface area contributed by atoms with Gasteiger partial charge in [-0.1, -0.05) is 0 Å². The second kappa shape index (κ2) is 3.86. The Bertz CT molecular complexity index is 384. The van der Waals surface area contributed by atoms with E-state index in [1.165, 1.54) is 0 Å². The SMILES string of the molecule is Cc1nn(C(C)(C)C)c(C)c1C1OCCO1. The third kappa shape index (κ3) is 1.87. The molecular weight excluding hydrogens is 204 g/mol. The second-order valence-corrected chi connectivity index (χ2v) is 5.24. The predicted octanol–water partition coefficient (Wildman–Crippen LogP) is 2.30. The Kier molecular flexibility index (Phi) is 2.80. The van der Waals surface area contributed by atoms with E-state index in [2.05, 4.69) is 32.8 Å². The van der Waals surface area contributed by atoms with Gasteiger partial charge in [-0.2, -0.15) is 5.10 Å². The van der Waals surface area contributed by atoms with Crippen molar-refractivity contribution in [2.24, 2.45) is 0 Å². The molecule has 0 radical (unpaired) electrons. The van der Waals surface area contributed by atoms with Gasteiger partial charge in [-0.25, -0.2) is 0 Å². The summed E-state index contributed by atoms with van der Waals surface area (Å²) in [6.45, 7) is 11.9. The lowest BCUT2D eigenvalue weighted by Gasteiger charge is -2.21. The summed E-state index contributed by atoms with van der Waals surface area (Å²) in [5.41, 5.74) is 3.22. The van der Waals surface area contributed by atoms with Crippen LogP contribution in [-0.2, 0) is 15.0 Å². The first-order valence-electron chi connectivity index (χ1n) is 5.71. The molecule has 1 saturated heterocycles. The zero-order valence-corrected chi connectivity index (χ0v) is 10.7. The van der Waals surface area contributed by atoms with Crippen molar-refractivity contribution in [2.75, 3.05) is 13.2 Å². The number of hydrogen-bond donors (Lipinski definition) is 0. The van der Waals surface area contributed by atoms with E-state index in [4.69, 9.17) is 9.47 Å². The Morgan fingerprint density at radius 3 is 2.19 bits per heavy atom. The van der Waals surface area contributed by atoms with Crippen LogP contribution in [0.25, 0.3) is 0 Å². The van der Waals surface area contributed by atoms with Gasteiger partial charge in [0, 0.05) is 5.69 Å². The van der Waals surface area contributed by atoms with Crippen LogP contribution in [0.3, 0.4) is 0 Å². The quantitative estimate of drug-likeness (QED) is 0.734. The van der Waals surface area contributed by atoms with Crippen LogP contribution < -0.4 is 0 Å². The van der Waals surface area contributed by atoms with Crippen LogP contribution in [0.4, 0.5) is 0 Å². The van der Waals surface area contributed by atoms with Gasteiger partial charge in [0.25, 0.3) is 0 Å². The van der Waals surface area contributed by atoms with Crippen molar-refractivity contribution in [3.05, 3.63) is 17.0 Å². The van der Waals surface area contributed by atoms with Crippen LogP contribution in [0.2, 0.25) is 0 Å². The number of ether oxygens (including phenoxy) is 2. The Morgan fingerprint density at radius 1 is 1.19 bits per heavy atom. The molecule has 90 valence electrons. The number of hydrogen-bond acceptors (Lipinski definition) is 3. The van der Waals surface area contributed by atoms with Crippen molar-refractivity contribution >= 4 is 0 Å². The molecule has 0 spiro atoms. The summed E-state index contributed by atoms with van der Waals surface area (Å²) < 4.78 is 13.1. The van der Waals surface area contributed by atoms with E-state index in [9.17, 15) is 0 Å². The summed E-state index contributed by atoms with van der Waals surface area (Å²) in [6.07, 6.45) is -0.226. The predicted molar refractivity (Wildman–Crippen MR) is 61.3 cm³/mol. The zero-order chi connectivity index (χ0) is 11.9. The van der Waals surface area contributed by atoms with E-state index in [-0.39, 0.29) is 11.8 Å². The lowest BCUT2D eigenvalue weighted by atomic mass is 10.1. The largest absolute Gasteiger partial charge is 0.346 e. The number of rotatable bonds is 1. The van der Waals surface area contributed by atoms with Gasteiger partial charge < -0.3 is 9.47 Å². The van der Waals surface area contributed by atoms with E-state index in [0.717, 1.165) is 17.0 Å². The summed E-state index contributed by atoms with van der Waals surface area (Å²) in [6, 6.07) is 0. The molecule has 0 saturated carbocycles. The van der Waals surface area contributed by atoms with Gasteiger partial charge in [0.05, 0.1) is 30.0 Å². The Balaban J connectivity index is 2.42. The topological polar surface area (TPSA) is 36.3 Å². The molecule has 0 N–H and O–H groups in total. The number of nitrogens with zero attached hydrogens (tertiary/aromatic N) is 2. The van der Waals surface area contributed by atoms with Gasteiger partial charge in [-0.3, -0.25) is 4.68 Å². The van der Waals surface area contributed by atoms with Crippen LogP contribution >= 0.6 is 0 Å². The van der Waals surface area contributed by atoms with Gasteiger partial charge in [0.15, 0.2) is 6.29 Å². The maximum atomic E-state index is 5.55. The number of aryl methyl sites for hydroxylation is 1. The molecule has 1 fully saturated rings. The molecule has 0 unspecified atom stereocenters. The minimum absolute atomic E-state index is 0.00824. The molecule has 16 heavy (non-hydrogen) atoms. The summed E-state index contributed by atoms with van der Waals surface area (Å²) in [7, 11) is 0. The highest BCUT2D eigenvalue weighted by atomic mass is 16.7. The van der Waals surface area contributed by atoms with Crippen molar-refractivity contribution in [1.29, 1.82) is 0 Å². The molecule has 2 heterocycles. The van der Waals surface area contributed by atoms with Crippen LogP contribution in [0, 0.1) is 13.8 Å². The summed E-state index contributed by atoms with van der Waals surface area (Å²) in [5, 5.41) is 4.58. The molecule has 2 rings (SSSR count). The van der Waals surface area contributed by atoms with E-state index in [1.54, 1.807) is 0 Å². The Morgan fingerprint density at radius 2 is 1.75 bits per heavy atom. The van der Waals surface area contributed by atoms with Gasteiger partial charge in [-0.05, 0) is 34.6 Å². The lowest BCUT2D eigenvalue weighted by molar-refractivity contribution is -0.0451. The van der Waals surface area contributed by atoms with Crippen LogP contribution in [0.15, 0.2) is 0 Å². The third-order valence-corrected chi connectivity index (χ3v) is 2.84. The zero-order valence-electron chi connectivity index (χ0n) is 10.7. The van der Waals surface area contributed by atoms with E-state index >= 15 is 0 Å². The first-order valence-corrected chi connectivity index (χ1v) is 5.71. The van der Waals surface area contributed by atoms with E-state index in [1.807, 2.05) is 11.6 Å². The minimum Gasteiger partial charge on any atom is -0.346 e. The summed E-state index contributed by atoms with van der Waals surface area (Å²) in [4.78, 5) is 0. The Hall–Kier alpha value is -0.870. The average Bonchev–Trinajstić information content (AvgIpc) is 2.72. The molecular formula is C12H20N2O2.